The first-order valence-corrected chi connectivity index (χ1v) is 8.10. The van der Waals surface area contributed by atoms with E-state index in [4.69, 9.17) is 11.6 Å². The van der Waals surface area contributed by atoms with Crippen LogP contribution < -0.4 is 0 Å². The van der Waals surface area contributed by atoms with Crippen molar-refractivity contribution in [1.29, 1.82) is 0 Å². The van der Waals surface area contributed by atoms with Crippen molar-refractivity contribution in [1.82, 2.24) is 19.5 Å². The summed E-state index contributed by atoms with van der Waals surface area (Å²) < 4.78 is 1.90. The van der Waals surface area contributed by atoms with Gasteiger partial charge in [0.15, 0.2) is 16.6 Å². The van der Waals surface area contributed by atoms with Gasteiger partial charge in [0.25, 0.3) is 0 Å². The molecule has 0 unspecified atom stereocenters. The Bertz CT molecular complexity index is 1040. The summed E-state index contributed by atoms with van der Waals surface area (Å²) >= 11 is 6.02. The smallest absolute Gasteiger partial charge is 0.193 e. The first kappa shape index (κ1) is 15.5. The lowest BCUT2D eigenvalue weighted by Gasteiger charge is -2.06. The van der Waals surface area contributed by atoms with E-state index >= 15 is 0 Å². The predicted octanol–water partition coefficient (Wildman–Crippen LogP) is 3.76. The van der Waals surface area contributed by atoms with Crippen molar-refractivity contribution in [2.24, 2.45) is 0 Å². The maximum Gasteiger partial charge on any atom is 0.193 e. The lowest BCUT2D eigenvalue weighted by molar-refractivity contribution is 0.103. The summed E-state index contributed by atoms with van der Waals surface area (Å²) in [5, 5.41) is 0.340. The molecule has 0 bridgehead atoms. The molecule has 2 heterocycles. The largest absolute Gasteiger partial charge is 0.311 e. The molecule has 0 saturated heterocycles. The number of nitrogens with zero attached hydrogens (tertiary/aromatic N) is 4. The normalized spacial score (nSPS) is 10.9. The van der Waals surface area contributed by atoms with Crippen LogP contribution in [0.25, 0.3) is 11.2 Å². The second-order valence-corrected chi connectivity index (χ2v) is 5.96. The number of aromatic nitrogens is 4. The van der Waals surface area contributed by atoms with Crippen molar-refractivity contribution in [2.45, 2.75) is 6.54 Å². The van der Waals surface area contributed by atoms with Gasteiger partial charge in [-0.25, -0.2) is 15.0 Å². The van der Waals surface area contributed by atoms with Crippen molar-refractivity contribution >= 4 is 28.5 Å². The molecule has 6 heteroatoms. The predicted molar refractivity (Wildman–Crippen MR) is 95.8 cm³/mol. The summed E-state index contributed by atoms with van der Waals surface area (Å²) in [6, 6.07) is 16.8. The van der Waals surface area contributed by atoms with E-state index in [0.717, 1.165) is 5.56 Å². The minimum absolute atomic E-state index is 0.0137. The van der Waals surface area contributed by atoms with E-state index in [1.807, 2.05) is 59.2 Å². The standard InChI is InChI=1S/C19H13ClN4O/c20-18-16-19(22-11-21-18)24(12-23-16)10-13-6-8-15(9-7-13)17(25)14-4-2-1-3-5-14/h1-9,11-12H,10H2. The molecule has 0 aliphatic rings. The van der Waals surface area contributed by atoms with Crippen molar-refractivity contribution in [3.8, 4) is 0 Å². The zero-order chi connectivity index (χ0) is 17.2. The fourth-order valence-corrected chi connectivity index (χ4v) is 2.86. The minimum Gasteiger partial charge on any atom is -0.311 e. The van der Waals surface area contributed by atoms with Crippen LogP contribution in [0.3, 0.4) is 0 Å². The molecule has 122 valence electrons. The molecule has 4 rings (SSSR count). The van der Waals surface area contributed by atoms with Crippen LogP contribution in [0.4, 0.5) is 0 Å². The molecule has 2 aromatic heterocycles. The van der Waals surface area contributed by atoms with Crippen LogP contribution in [0, 0.1) is 0 Å². The minimum atomic E-state index is 0.0137. The Morgan fingerprint density at radius 3 is 2.40 bits per heavy atom. The van der Waals surface area contributed by atoms with Crippen molar-refractivity contribution in [3.05, 3.63) is 89.1 Å². The summed E-state index contributed by atoms with van der Waals surface area (Å²) in [7, 11) is 0. The van der Waals surface area contributed by atoms with E-state index in [9.17, 15) is 4.79 Å². The highest BCUT2D eigenvalue weighted by atomic mass is 35.5. The molecule has 2 aromatic carbocycles. The summed E-state index contributed by atoms with van der Waals surface area (Å²) in [5.74, 6) is 0.0137. The third-order valence-electron chi connectivity index (χ3n) is 3.96. The number of hydrogen-bond acceptors (Lipinski definition) is 4. The summed E-state index contributed by atoms with van der Waals surface area (Å²) in [5.41, 5.74) is 3.65. The highest BCUT2D eigenvalue weighted by Gasteiger charge is 2.10. The van der Waals surface area contributed by atoms with E-state index in [0.29, 0.717) is 34.0 Å². The quantitative estimate of drug-likeness (QED) is 0.416. The van der Waals surface area contributed by atoms with Crippen molar-refractivity contribution in [2.75, 3.05) is 0 Å². The van der Waals surface area contributed by atoms with Gasteiger partial charge in [0, 0.05) is 11.1 Å². The van der Waals surface area contributed by atoms with Crippen LogP contribution >= 0.6 is 11.6 Å². The molecule has 0 N–H and O–H groups in total. The molecular formula is C19H13ClN4O. The zero-order valence-corrected chi connectivity index (χ0v) is 13.9. The van der Waals surface area contributed by atoms with Gasteiger partial charge in [-0.15, -0.1) is 0 Å². The van der Waals surface area contributed by atoms with Gasteiger partial charge in [-0.2, -0.15) is 0 Å². The SMILES string of the molecule is O=C(c1ccccc1)c1ccc(Cn2cnc3c(Cl)ncnc32)cc1. The van der Waals surface area contributed by atoms with Gasteiger partial charge in [-0.1, -0.05) is 66.2 Å². The number of halogens is 1. The number of hydrogen-bond donors (Lipinski definition) is 0. The summed E-state index contributed by atoms with van der Waals surface area (Å²) in [6.45, 7) is 0.587. The van der Waals surface area contributed by atoms with Gasteiger partial charge < -0.3 is 4.57 Å². The second-order valence-electron chi connectivity index (χ2n) is 5.60. The van der Waals surface area contributed by atoms with E-state index in [1.165, 1.54) is 6.33 Å². The molecule has 5 nitrogen and oxygen atoms in total. The van der Waals surface area contributed by atoms with E-state index in [-0.39, 0.29) is 5.78 Å². The van der Waals surface area contributed by atoms with Crippen LogP contribution in [0.2, 0.25) is 5.15 Å². The monoisotopic (exact) mass is 348 g/mol. The molecule has 0 radical (unpaired) electrons. The van der Waals surface area contributed by atoms with Gasteiger partial charge in [0.1, 0.15) is 11.8 Å². The highest BCUT2D eigenvalue weighted by Crippen LogP contribution is 2.18. The van der Waals surface area contributed by atoms with Crippen LogP contribution in [0.1, 0.15) is 21.5 Å². The van der Waals surface area contributed by atoms with E-state index in [2.05, 4.69) is 15.0 Å². The highest BCUT2D eigenvalue weighted by molar-refractivity contribution is 6.33. The third-order valence-corrected chi connectivity index (χ3v) is 4.24. The second kappa shape index (κ2) is 6.45. The molecule has 0 saturated carbocycles. The Balaban J connectivity index is 1.58. The summed E-state index contributed by atoms with van der Waals surface area (Å²) in [4.78, 5) is 24.9. The average molecular weight is 349 g/mol. The Kier molecular flexibility index (Phi) is 3.99. The molecule has 25 heavy (non-hydrogen) atoms. The molecule has 4 aromatic rings. The van der Waals surface area contributed by atoms with Crippen LogP contribution in [0.5, 0.6) is 0 Å². The van der Waals surface area contributed by atoms with Crippen LogP contribution in [-0.2, 0) is 6.54 Å². The number of benzene rings is 2. The maximum absolute atomic E-state index is 12.4. The fourth-order valence-electron chi connectivity index (χ4n) is 2.68. The average Bonchev–Trinajstić information content (AvgIpc) is 3.07. The van der Waals surface area contributed by atoms with Gasteiger partial charge in [0.2, 0.25) is 0 Å². The zero-order valence-electron chi connectivity index (χ0n) is 13.1. The Morgan fingerprint density at radius 2 is 1.64 bits per heavy atom. The van der Waals surface area contributed by atoms with Crippen molar-refractivity contribution in [3.63, 3.8) is 0 Å². The molecule has 0 spiro atoms. The number of rotatable bonds is 4. The first-order valence-electron chi connectivity index (χ1n) is 7.72. The van der Waals surface area contributed by atoms with E-state index in [1.54, 1.807) is 6.33 Å². The molecule has 0 fully saturated rings. The van der Waals surface area contributed by atoms with Gasteiger partial charge in [-0.3, -0.25) is 4.79 Å². The molecule has 0 aliphatic carbocycles. The number of imidazole rings is 1. The Hall–Kier alpha value is -3.05. The molecule has 0 amide bonds. The number of carbonyl (C=O) groups excluding carboxylic acids is 1. The first-order chi connectivity index (χ1) is 12.2. The van der Waals surface area contributed by atoms with Crippen LogP contribution in [0.15, 0.2) is 67.3 Å². The molecule has 0 aliphatic heterocycles. The Morgan fingerprint density at radius 1 is 0.920 bits per heavy atom. The lowest BCUT2D eigenvalue weighted by Crippen LogP contribution is -2.03. The lowest BCUT2D eigenvalue weighted by atomic mass is 10.0. The summed E-state index contributed by atoms with van der Waals surface area (Å²) in [6.07, 6.45) is 3.11. The van der Waals surface area contributed by atoms with Gasteiger partial charge in [0.05, 0.1) is 12.9 Å². The molecule has 0 atom stereocenters. The van der Waals surface area contributed by atoms with E-state index < -0.39 is 0 Å². The van der Waals surface area contributed by atoms with Crippen LogP contribution in [-0.4, -0.2) is 25.3 Å². The number of carbonyl (C=O) groups is 1. The molecular weight excluding hydrogens is 336 g/mol. The van der Waals surface area contributed by atoms with Crippen molar-refractivity contribution < 1.29 is 4.79 Å². The number of ketones is 1. The Labute approximate surface area is 149 Å². The van der Waals surface area contributed by atoms with Gasteiger partial charge >= 0.3 is 0 Å². The topological polar surface area (TPSA) is 60.7 Å². The third kappa shape index (κ3) is 3.02. The fraction of sp³-hybridized carbons (Fsp3) is 0.0526. The van der Waals surface area contributed by atoms with Gasteiger partial charge in [-0.05, 0) is 5.56 Å². The number of fused-ring (bicyclic) bond motifs is 1. The maximum atomic E-state index is 12.4.